The number of hydrogen-bond donors (Lipinski definition) is 2. The number of aliphatic hydroxyl groups is 1. The van der Waals surface area contributed by atoms with Crippen LogP contribution in [0.5, 0.6) is 0 Å². The van der Waals surface area contributed by atoms with Crippen molar-refractivity contribution >= 4 is 38.9 Å². The van der Waals surface area contributed by atoms with Crippen LogP contribution in [0, 0.1) is 5.82 Å². The summed E-state index contributed by atoms with van der Waals surface area (Å²) in [5.41, 5.74) is 0.244. The monoisotopic (exact) mass is 349 g/mol. The van der Waals surface area contributed by atoms with Crippen molar-refractivity contribution in [1.29, 1.82) is 0 Å². The molecule has 4 nitrogen and oxygen atoms in total. The zero-order valence-corrected chi connectivity index (χ0v) is 12.8. The molecule has 0 fully saturated rings. The molecule has 0 aliphatic heterocycles. The van der Waals surface area contributed by atoms with Gasteiger partial charge in [-0.25, -0.2) is 12.8 Å². The van der Waals surface area contributed by atoms with Gasteiger partial charge in [-0.1, -0.05) is 35.3 Å². The van der Waals surface area contributed by atoms with Gasteiger partial charge in [-0.05, 0) is 29.8 Å². The lowest BCUT2D eigenvalue weighted by molar-refractivity contribution is 0.281. The molecule has 0 bridgehead atoms. The van der Waals surface area contributed by atoms with Crippen LogP contribution in [-0.4, -0.2) is 13.5 Å². The first-order chi connectivity index (χ1) is 9.85. The van der Waals surface area contributed by atoms with Crippen molar-refractivity contribution in [2.45, 2.75) is 11.5 Å². The number of halogens is 3. The second kappa shape index (κ2) is 6.19. The predicted octanol–water partition coefficient (Wildman–Crippen LogP) is 3.43. The highest BCUT2D eigenvalue weighted by atomic mass is 35.5. The molecular weight excluding hydrogens is 340 g/mol. The topological polar surface area (TPSA) is 66.4 Å². The van der Waals surface area contributed by atoms with Crippen molar-refractivity contribution in [1.82, 2.24) is 0 Å². The first-order valence-electron chi connectivity index (χ1n) is 5.71. The Balaban J connectivity index is 2.44. The molecule has 21 heavy (non-hydrogen) atoms. The van der Waals surface area contributed by atoms with E-state index in [9.17, 15) is 12.8 Å². The van der Waals surface area contributed by atoms with Crippen LogP contribution in [0.2, 0.25) is 10.0 Å². The van der Waals surface area contributed by atoms with Crippen LogP contribution in [-0.2, 0) is 16.6 Å². The van der Waals surface area contributed by atoms with Gasteiger partial charge in [0.25, 0.3) is 10.0 Å². The molecular formula is C13H10Cl2FNO3S. The first-order valence-corrected chi connectivity index (χ1v) is 7.95. The number of sulfonamides is 1. The van der Waals surface area contributed by atoms with Crippen LogP contribution >= 0.6 is 23.2 Å². The van der Waals surface area contributed by atoms with E-state index < -0.39 is 20.7 Å². The van der Waals surface area contributed by atoms with Gasteiger partial charge in [0.15, 0.2) is 0 Å². The van der Waals surface area contributed by atoms with Gasteiger partial charge in [0.2, 0.25) is 0 Å². The Kier molecular flexibility index (Phi) is 4.73. The van der Waals surface area contributed by atoms with Crippen LogP contribution < -0.4 is 4.72 Å². The maximum Gasteiger partial charge on any atom is 0.264 e. The van der Waals surface area contributed by atoms with Crippen molar-refractivity contribution in [3.05, 3.63) is 57.8 Å². The molecule has 112 valence electrons. The van der Waals surface area contributed by atoms with E-state index in [1.54, 1.807) is 6.07 Å². The summed E-state index contributed by atoms with van der Waals surface area (Å²) in [6, 6.07) is 7.79. The number of aliphatic hydroxyl groups excluding tert-OH is 1. The largest absolute Gasteiger partial charge is 0.392 e. The maximum absolute atomic E-state index is 13.8. The molecule has 0 aromatic heterocycles. The molecule has 8 heteroatoms. The number of benzene rings is 2. The van der Waals surface area contributed by atoms with Crippen LogP contribution in [0.1, 0.15) is 5.56 Å². The molecule has 2 aromatic carbocycles. The third kappa shape index (κ3) is 3.47. The lowest BCUT2D eigenvalue weighted by Crippen LogP contribution is -2.15. The van der Waals surface area contributed by atoms with Crippen LogP contribution in [0.15, 0.2) is 41.3 Å². The van der Waals surface area contributed by atoms with Gasteiger partial charge in [0, 0.05) is 0 Å². The Hall–Kier alpha value is -1.34. The van der Waals surface area contributed by atoms with Crippen molar-refractivity contribution in [2.75, 3.05) is 4.72 Å². The minimum atomic E-state index is -4.19. The van der Waals surface area contributed by atoms with Gasteiger partial charge in [-0.3, -0.25) is 4.72 Å². The normalized spacial score (nSPS) is 11.4. The predicted molar refractivity (Wildman–Crippen MR) is 79.6 cm³/mol. The van der Waals surface area contributed by atoms with Crippen LogP contribution in [0.3, 0.4) is 0 Å². The fourth-order valence-electron chi connectivity index (χ4n) is 1.65. The van der Waals surface area contributed by atoms with Crippen molar-refractivity contribution in [2.24, 2.45) is 0 Å². The van der Waals surface area contributed by atoms with Gasteiger partial charge in [-0.15, -0.1) is 0 Å². The molecule has 2 rings (SSSR count). The third-order valence-electron chi connectivity index (χ3n) is 2.67. The molecule has 0 unspecified atom stereocenters. The van der Waals surface area contributed by atoms with E-state index in [0.717, 1.165) is 12.1 Å². The average molecular weight is 350 g/mol. The second-order valence-corrected chi connectivity index (χ2v) is 6.59. The molecule has 0 aliphatic rings. The minimum Gasteiger partial charge on any atom is -0.392 e. The molecule has 0 spiro atoms. The van der Waals surface area contributed by atoms with Crippen molar-refractivity contribution in [3.63, 3.8) is 0 Å². The minimum absolute atomic E-state index is 0.0218. The Morgan fingerprint density at radius 3 is 2.29 bits per heavy atom. The Bertz CT molecular complexity index is 761. The number of anilines is 1. The zero-order valence-electron chi connectivity index (χ0n) is 10.5. The highest BCUT2D eigenvalue weighted by Gasteiger charge is 2.21. The van der Waals surface area contributed by atoms with Gasteiger partial charge >= 0.3 is 0 Å². The number of rotatable bonds is 4. The van der Waals surface area contributed by atoms with Crippen LogP contribution in [0.4, 0.5) is 10.1 Å². The second-order valence-electron chi connectivity index (χ2n) is 4.13. The van der Waals surface area contributed by atoms with E-state index in [1.807, 2.05) is 0 Å². The summed E-state index contributed by atoms with van der Waals surface area (Å²) >= 11 is 11.7. The van der Waals surface area contributed by atoms with E-state index in [0.29, 0.717) is 0 Å². The van der Waals surface area contributed by atoms with Gasteiger partial charge in [-0.2, -0.15) is 0 Å². The summed E-state index contributed by atoms with van der Waals surface area (Å²) in [6.07, 6.45) is 0. The summed E-state index contributed by atoms with van der Waals surface area (Å²) in [6.45, 7) is -0.388. The molecule has 0 aliphatic carbocycles. The number of para-hydroxylation sites is 1. The Morgan fingerprint density at radius 2 is 1.76 bits per heavy atom. The molecule has 0 amide bonds. The molecule has 0 heterocycles. The van der Waals surface area contributed by atoms with Gasteiger partial charge < -0.3 is 5.11 Å². The smallest absolute Gasteiger partial charge is 0.264 e. The summed E-state index contributed by atoms with van der Waals surface area (Å²) < 4.78 is 40.4. The molecule has 0 radical (unpaired) electrons. The maximum atomic E-state index is 13.8. The first kappa shape index (κ1) is 16.0. The SMILES string of the molecule is O=S(=O)(Nc1c(Cl)cccc1Cl)c1ccc(CO)cc1F. The van der Waals surface area contributed by atoms with Crippen LogP contribution in [0.25, 0.3) is 0 Å². The van der Waals surface area contributed by atoms with Crippen molar-refractivity contribution < 1.29 is 17.9 Å². The summed E-state index contributed by atoms with van der Waals surface area (Å²) in [5, 5.41) is 9.09. The van der Waals surface area contributed by atoms with Crippen molar-refractivity contribution in [3.8, 4) is 0 Å². The Labute approximate surface area is 131 Å². The van der Waals surface area contributed by atoms with E-state index in [4.69, 9.17) is 28.3 Å². The molecule has 0 atom stereocenters. The van der Waals surface area contributed by atoms with Gasteiger partial charge in [0.1, 0.15) is 10.7 Å². The number of hydrogen-bond acceptors (Lipinski definition) is 3. The molecule has 2 N–H and O–H groups in total. The molecule has 0 saturated heterocycles. The highest BCUT2D eigenvalue weighted by Crippen LogP contribution is 2.32. The fraction of sp³-hybridized carbons (Fsp3) is 0.0769. The summed E-state index contributed by atoms with van der Waals surface area (Å²) in [7, 11) is -4.19. The lowest BCUT2D eigenvalue weighted by atomic mass is 10.2. The quantitative estimate of drug-likeness (QED) is 0.888. The fourth-order valence-corrected chi connectivity index (χ4v) is 3.41. The summed E-state index contributed by atoms with van der Waals surface area (Å²) in [4.78, 5) is -0.560. The standard InChI is InChI=1S/C13H10Cl2FNO3S/c14-9-2-1-3-10(15)13(9)17-21(19,20)12-5-4-8(7-18)6-11(12)16/h1-6,17-18H,7H2. The van der Waals surface area contributed by atoms with Gasteiger partial charge in [0.05, 0.1) is 22.3 Å². The van der Waals surface area contributed by atoms with E-state index in [2.05, 4.69) is 4.72 Å². The zero-order chi connectivity index (χ0) is 15.6. The van der Waals surface area contributed by atoms with E-state index >= 15 is 0 Å². The van der Waals surface area contributed by atoms with E-state index in [1.165, 1.54) is 18.2 Å². The van der Waals surface area contributed by atoms with E-state index in [-0.39, 0.29) is 27.9 Å². The third-order valence-corrected chi connectivity index (χ3v) is 4.68. The lowest BCUT2D eigenvalue weighted by Gasteiger charge is -2.12. The number of nitrogens with one attached hydrogen (secondary N) is 1. The summed E-state index contributed by atoms with van der Waals surface area (Å²) in [5.74, 6) is -0.975. The molecule has 2 aromatic rings. The molecule has 0 saturated carbocycles. The highest BCUT2D eigenvalue weighted by molar-refractivity contribution is 7.92. The average Bonchev–Trinajstić information content (AvgIpc) is 2.42. The Morgan fingerprint density at radius 1 is 1.14 bits per heavy atom.